The summed E-state index contributed by atoms with van der Waals surface area (Å²) in [7, 11) is 0. The van der Waals surface area contributed by atoms with Gasteiger partial charge in [-0.25, -0.2) is 9.98 Å². The van der Waals surface area contributed by atoms with Gasteiger partial charge in [-0.15, -0.1) is 0 Å². The second-order valence-electron chi connectivity index (χ2n) is 6.34. The molecule has 0 saturated carbocycles. The van der Waals surface area contributed by atoms with Crippen LogP contribution >= 0.6 is 11.8 Å². The fraction of sp³-hybridized carbons (Fsp3) is 0.643. The Kier molecular flexibility index (Phi) is 2.73. The van der Waals surface area contributed by atoms with Gasteiger partial charge in [-0.2, -0.15) is 0 Å². The number of hydrogen-bond acceptors (Lipinski definition) is 3. The lowest BCUT2D eigenvalue weighted by atomic mass is 9.71. The van der Waals surface area contributed by atoms with Crippen LogP contribution in [-0.2, 0) is 4.79 Å². The van der Waals surface area contributed by atoms with E-state index in [1.165, 1.54) is 23.2 Å². The summed E-state index contributed by atoms with van der Waals surface area (Å²) in [6, 6.07) is 0. The minimum absolute atomic E-state index is 0.0216. The molecule has 0 spiro atoms. The molecule has 0 aromatic carbocycles. The number of fused-ring (bicyclic) bond motifs is 2. The van der Waals surface area contributed by atoms with Crippen molar-refractivity contribution in [2.75, 3.05) is 0 Å². The number of hydrogen-bond donors (Lipinski definition) is 0. The van der Waals surface area contributed by atoms with Gasteiger partial charge in [0, 0.05) is 0 Å². The van der Waals surface area contributed by atoms with Crippen molar-refractivity contribution in [1.82, 2.24) is 0 Å². The maximum Gasteiger partial charge on any atom is 0.261 e. The molecule has 2 atom stereocenters. The van der Waals surface area contributed by atoms with Crippen LogP contribution in [0.25, 0.3) is 0 Å². The van der Waals surface area contributed by atoms with Crippen LogP contribution in [0.2, 0.25) is 0 Å². The van der Waals surface area contributed by atoms with E-state index >= 15 is 0 Å². The number of aliphatic imine (C=N–C) groups is 2. The quantitative estimate of drug-likeness (QED) is 0.671. The number of amides is 1. The summed E-state index contributed by atoms with van der Waals surface area (Å²) in [6.07, 6.45) is 4.73. The van der Waals surface area contributed by atoms with Gasteiger partial charge in [0.25, 0.3) is 5.91 Å². The highest BCUT2D eigenvalue weighted by molar-refractivity contribution is 8.17. The third-order valence-electron chi connectivity index (χ3n) is 4.22. The zero-order valence-electron chi connectivity index (χ0n) is 11.1. The average molecular weight is 262 g/mol. The van der Waals surface area contributed by atoms with Gasteiger partial charge in [-0.3, -0.25) is 4.79 Å². The predicted octanol–water partition coefficient (Wildman–Crippen LogP) is 3.42. The second-order valence-corrected chi connectivity index (χ2v) is 7.45. The van der Waals surface area contributed by atoms with Crippen LogP contribution in [0.4, 0.5) is 0 Å². The summed E-state index contributed by atoms with van der Waals surface area (Å²) in [6.45, 7) is 6.92. The maximum absolute atomic E-state index is 11.9. The highest BCUT2D eigenvalue weighted by Crippen LogP contribution is 2.51. The summed E-state index contributed by atoms with van der Waals surface area (Å²) in [5.74, 6) is 0.558. The van der Waals surface area contributed by atoms with Crippen LogP contribution in [-0.4, -0.2) is 17.3 Å². The number of carbonyl (C=O) groups excluding carboxylic acids is 1. The molecular formula is C14H18N2OS. The molecule has 2 unspecified atom stereocenters. The van der Waals surface area contributed by atoms with E-state index in [4.69, 9.17) is 0 Å². The molecule has 0 fully saturated rings. The molecular weight excluding hydrogens is 244 g/mol. The molecule has 96 valence electrons. The number of nitrogens with zero attached hydrogens (tertiary/aromatic N) is 2. The van der Waals surface area contributed by atoms with Crippen molar-refractivity contribution in [3.63, 3.8) is 0 Å². The van der Waals surface area contributed by atoms with Crippen LogP contribution in [0.1, 0.15) is 40.0 Å². The van der Waals surface area contributed by atoms with E-state index < -0.39 is 0 Å². The van der Waals surface area contributed by atoms with E-state index in [0.29, 0.717) is 11.3 Å². The lowest BCUT2D eigenvalue weighted by Crippen LogP contribution is -2.26. The predicted molar refractivity (Wildman–Crippen MR) is 75.8 cm³/mol. The molecule has 0 saturated heterocycles. The van der Waals surface area contributed by atoms with Gasteiger partial charge in [0.05, 0.1) is 5.04 Å². The lowest BCUT2D eigenvalue weighted by Gasteiger charge is -2.34. The normalized spacial score (nSPS) is 31.3. The van der Waals surface area contributed by atoms with Gasteiger partial charge in [0.1, 0.15) is 12.3 Å². The highest BCUT2D eigenvalue weighted by atomic mass is 32.2. The molecule has 3 nitrogen and oxygen atoms in total. The van der Waals surface area contributed by atoms with Crippen molar-refractivity contribution >= 4 is 29.1 Å². The first-order chi connectivity index (χ1) is 8.47. The van der Waals surface area contributed by atoms with E-state index in [-0.39, 0.29) is 11.8 Å². The first kappa shape index (κ1) is 12.2. The zero-order valence-corrected chi connectivity index (χ0v) is 11.9. The van der Waals surface area contributed by atoms with Gasteiger partial charge in [0.2, 0.25) is 0 Å². The Labute approximate surface area is 112 Å². The Bertz CT molecular complexity index is 496. The third kappa shape index (κ3) is 1.87. The number of rotatable bonds is 0. The molecule has 0 bridgehead atoms. The van der Waals surface area contributed by atoms with E-state index in [1.807, 2.05) is 0 Å². The van der Waals surface area contributed by atoms with Gasteiger partial charge in [-0.1, -0.05) is 32.5 Å². The molecule has 3 rings (SSSR count). The van der Waals surface area contributed by atoms with Gasteiger partial charge >= 0.3 is 0 Å². The largest absolute Gasteiger partial charge is 0.271 e. The number of thioether (sulfide) groups is 1. The van der Waals surface area contributed by atoms with Gasteiger partial charge in [-0.05, 0) is 41.1 Å². The second kappa shape index (κ2) is 4.05. The molecule has 2 heterocycles. The molecule has 0 aromatic rings. The fourth-order valence-electron chi connectivity index (χ4n) is 2.98. The van der Waals surface area contributed by atoms with Gasteiger partial charge < -0.3 is 0 Å². The summed E-state index contributed by atoms with van der Waals surface area (Å²) >= 11 is 1.72. The van der Waals surface area contributed by atoms with Crippen molar-refractivity contribution in [3.8, 4) is 0 Å². The van der Waals surface area contributed by atoms with E-state index in [0.717, 1.165) is 17.9 Å². The minimum atomic E-state index is -0.129. The summed E-state index contributed by atoms with van der Waals surface area (Å²) in [4.78, 5) is 21.4. The van der Waals surface area contributed by atoms with E-state index in [1.54, 1.807) is 11.8 Å². The minimum Gasteiger partial charge on any atom is -0.271 e. The maximum atomic E-state index is 11.9. The van der Waals surface area contributed by atoms with Crippen LogP contribution in [0.5, 0.6) is 0 Å². The average Bonchev–Trinajstić information content (AvgIpc) is 2.66. The van der Waals surface area contributed by atoms with E-state index in [9.17, 15) is 4.79 Å². The van der Waals surface area contributed by atoms with Crippen LogP contribution in [0.3, 0.4) is 0 Å². The standard InChI is InChI=1S/C14H18N2OS/c1-14(2,3)8-4-5-9-10(6-8)18-13-11(9)12(17)15-7-16-13/h7-8,11H,4-6H2,1-3H3. The van der Waals surface area contributed by atoms with Crippen molar-refractivity contribution in [3.05, 3.63) is 10.5 Å². The Morgan fingerprint density at radius 3 is 2.89 bits per heavy atom. The van der Waals surface area contributed by atoms with Crippen molar-refractivity contribution in [1.29, 1.82) is 0 Å². The number of allylic oxidation sites excluding steroid dienone is 1. The Balaban J connectivity index is 1.88. The van der Waals surface area contributed by atoms with Crippen LogP contribution in [0.15, 0.2) is 20.5 Å². The van der Waals surface area contributed by atoms with Crippen molar-refractivity contribution < 1.29 is 4.79 Å². The summed E-state index contributed by atoms with van der Waals surface area (Å²) < 4.78 is 0. The monoisotopic (exact) mass is 262 g/mol. The summed E-state index contributed by atoms with van der Waals surface area (Å²) in [5.41, 5.74) is 1.65. The third-order valence-corrected chi connectivity index (χ3v) is 5.44. The molecule has 1 aliphatic carbocycles. The molecule has 0 radical (unpaired) electrons. The molecule has 1 amide bonds. The SMILES string of the molecule is CC(C)(C)C1CCC2=C(C1)SC1=NC=NC(=O)C12. The molecule has 0 aromatic heterocycles. The molecule has 4 heteroatoms. The first-order valence-corrected chi connectivity index (χ1v) is 7.32. The summed E-state index contributed by atoms with van der Waals surface area (Å²) in [5, 5.41) is 0.953. The van der Waals surface area contributed by atoms with Gasteiger partial charge in [0.15, 0.2) is 0 Å². The first-order valence-electron chi connectivity index (χ1n) is 6.50. The lowest BCUT2D eigenvalue weighted by molar-refractivity contribution is -0.118. The molecule has 2 aliphatic heterocycles. The molecule has 18 heavy (non-hydrogen) atoms. The van der Waals surface area contributed by atoms with E-state index in [2.05, 4.69) is 30.8 Å². The number of carbonyl (C=O) groups is 1. The fourth-order valence-corrected chi connectivity index (χ4v) is 4.33. The Hall–Kier alpha value is -0.900. The highest BCUT2D eigenvalue weighted by Gasteiger charge is 2.42. The zero-order chi connectivity index (χ0) is 12.9. The van der Waals surface area contributed by atoms with Crippen molar-refractivity contribution in [2.45, 2.75) is 40.0 Å². The topological polar surface area (TPSA) is 41.8 Å². The van der Waals surface area contributed by atoms with Crippen LogP contribution < -0.4 is 0 Å². The smallest absolute Gasteiger partial charge is 0.261 e. The van der Waals surface area contributed by atoms with Crippen molar-refractivity contribution in [2.24, 2.45) is 27.2 Å². The molecule has 0 N–H and O–H groups in total. The Morgan fingerprint density at radius 1 is 1.39 bits per heavy atom. The Morgan fingerprint density at radius 2 is 2.17 bits per heavy atom. The molecule has 3 aliphatic rings. The van der Waals surface area contributed by atoms with Crippen LogP contribution in [0, 0.1) is 17.3 Å².